The summed E-state index contributed by atoms with van der Waals surface area (Å²) in [5, 5.41) is 8.67. The molecule has 0 spiro atoms. The third kappa shape index (κ3) is 6.97. The molecule has 29 heavy (non-hydrogen) atoms. The van der Waals surface area contributed by atoms with Crippen LogP contribution in [0, 0.1) is 0 Å². The van der Waals surface area contributed by atoms with E-state index in [9.17, 15) is 4.79 Å². The number of nitrogens with zero attached hydrogens (tertiary/aromatic N) is 2. The van der Waals surface area contributed by atoms with Crippen LogP contribution in [0.1, 0.15) is 34.6 Å². The second-order valence-electron chi connectivity index (χ2n) is 7.02. The number of hydrogen-bond acceptors (Lipinski definition) is 4. The van der Waals surface area contributed by atoms with Gasteiger partial charge in [-0.05, 0) is 43.0 Å². The van der Waals surface area contributed by atoms with E-state index in [0.29, 0.717) is 25.2 Å². The summed E-state index contributed by atoms with van der Waals surface area (Å²) < 4.78 is 5.71. The number of halogens is 1. The second kappa shape index (κ2) is 11.5. The molecule has 2 aromatic rings. The molecular weight excluding hydrogens is 499 g/mol. The zero-order valence-corrected chi connectivity index (χ0v) is 20.2. The molecule has 158 valence electrons. The van der Waals surface area contributed by atoms with Gasteiger partial charge in [-0.3, -0.25) is 9.79 Å². The minimum absolute atomic E-state index is 0. The van der Waals surface area contributed by atoms with Crippen molar-refractivity contribution in [1.29, 1.82) is 0 Å². The summed E-state index contributed by atoms with van der Waals surface area (Å²) in [6.45, 7) is 6.68. The SMILES string of the molecule is CN=C(NCc1ccc(C(=O)N2CC(C)OC(C)C2)cc1)NCc1cccs1.I. The van der Waals surface area contributed by atoms with Crippen molar-refractivity contribution in [3.05, 3.63) is 57.8 Å². The maximum atomic E-state index is 12.7. The van der Waals surface area contributed by atoms with E-state index < -0.39 is 0 Å². The number of hydrogen-bond donors (Lipinski definition) is 2. The Hall–Kier alpha value is -1.65. The Balaban J connectivity index is 0.00000300. The number of ether oxygens (including phenoxy) is 1. The van der Waals surface area contributed by atoms with Crippen LogP contribution in [0.5, 0.6) is 0 Å². The minimum atomic E-state index is 0. The van der Waals surface area contributed by atoms with Crippen LogP contribution in [0.2, 0.25) is 0 Å². The van der Waals surface area contributed by atoms with Gasteiger partial charge >= 0.3 is 0 Å². The second-order valence-corrected chi connectivity index (χ2v) is 8.06. The van der Waals surface area contributed by atoms with Crippen molar-refractivity contribution in [3.63, 3.8) is 0 Å². The van der Waals surface area contributed by atoms with Gasteiger partial charge in [0.05, 0.1) is 18.8 Å². The van der Waals surface area contributed by atoms with Crippen LogP contribution in [0.3, 0.4) is 0 Å². The predicted molar refractivity (Wildman–Crippen MR) is 129 cm³/mol. The van der Waals surface area contributed by atoms with E-state index >= 15 is 0 Å². The molecule has 0 saturated carbocycles. The van der Waals surface area contributed by atoms with Crippen molar-refractivity contribution in [3.8, 4) is 0 Å². The van der Waals surface area contributed by atoms with Crippen molar-refractivity contribution >= 4 is 47.2 Å². The fraction of sp³-hybridized carbons (Fsp3) is 0.429. The molecule has 1 aliphatic heterocycles. The lowest BCUT2D eigenvalue weighted by Gasteiger charge is -2.35. The van der Waals surface area contributed by atoms with Crippen molar-refractivity contribution in [2.75, 3.05) is 20.1 Å². The smallest absolute Gasteiger partial charge is 0.254 e. The molecule has 1 amide bonds. The van der Waals surface area contributed by atoms with E-state index in [0.717, 1.165) is 18.1 Å². The summed E-state index contributed by atoms with van der Waals surface area (Å²) in [5.74, 6) is 0.819. The van der Waals surface area contributed by atoms with Crippen LogP contribution in [0.25, 0.3) is 0 Å². The average molecular weight is 528 g/mol. The van der Waals surface area contributed by atoms with Gasteiger partial charge in [-0.1, -0.05) is 18.2 Å². The molecule has 2 N–H and O–H groups in total. The van der Waals surface area contributed by atoms with Crippen LogP contribution < -0.4 is 10.6 Å². The highest BCUT2D eigenvalue weighted by molar-refractivity contribution is 14.0. The van der Waals surface area contributed by atoms with Crippen LogP contribution >= 0.6 is 35.3 Å². The van der Waals surface area contributed by atoms with Crippen molar-refractivity contribution < 1.29 is 9.53 Å². The Morgan fingerprint density at radius 3 is 2.38 bits per heavy atom. The lowest BCUT2D eigenvalue weighted by atomic mass is 10.1. The third-order valence-electron chi connectivity index (χ3n) is 4.60. The Labute approximate surface area is 193 Å². The summed E-state index contributed by atoms with van der Waals surface area (Å²) in [5.41, 5.74) is 1.81. The molecule has 8 heteroatoms. The van der Waals surface area contributed by atoms with E-state index in [-0.39, 0.29) is 42.1 Å². The fourth-order valence-electron chi connectivity index (χ4n) is 3.28. The van der Waals surface area contributed by atoms with E-state index in [4.69, 9.17) is 4.74 Å². The van der Waals surface area contributed by atoms with E-state index in [1.807, 2.05) is 49.1 Å². The van der Waals surface area contributed by atoms with Crippen LogP contribution in [-0.2, 0) is 17.8 Å². The molecule has 2 atom stereocenters. The molecule has 3 rings (SSSR count). The van der Waals surface area contributed by atoms with E-state index in [1.54, 1.807) is 18.4 Å². The highest BCUT2D eigenvalue weighted by Crippen LogP contribution is 2.15. The number of aliphatic imine (C=N–C) groups is 1. The Bertz CT molecular complexity index is 786. The van der Waals surface area contributed by atoms with Gasteiger partial charge < -0.3 is 20.3 Å². The average Bonchev–Trinajstić information content (AvgIpc) is 3.21. The molecule has 0 aliphatic carbocycles. The summed E-state index contributed by atoms with van der Waals surface area (Å²) in [6, 6.07) is 11.9. The van der Waals surface area contributed by atoms with Crippen LogP contribution in [-0.4, -0.2) is 49.1 Å². The molecule has 1 saturated heterocycles. The molecule has 1 aromatic carbocycles. The van der Waals surface area contributed by atoms with Crippen molar-refractivity contribution in [2.24, 2.45) is 4.99 Å². The van der Waals surface area contributed by atoms with Gasteiger partial charge in [0.15, 0.2) is 5.96 Å². The van der Waals surface area contributed by atoms with E-state index in [1.165, 1.54) is 4.88 Å². The minimum Gasteiger partial charge on any atom is -0.372 e. The topological polar surface area (TPSA) is 66.0 Å². The molecule has 0 radical (unpaired) electrons. The number of carbonyl (C=O) groups is 1. The molecule has 2 heterocycles. The first-order chi connectivity index (χ1) is 13.5. The summed E-state index contributed by atoms with van der Waals surface area (Å²) in [7, 11) is 1.76. The summed E-state index contributed by atoms with van der Waals surface area (Å²) >= 11 is 1.72. The Morgan fingerprint density at radius 1 is 1.14 bits per heavy atom. The molecule has 0 bridgehead atoms. The molecule has 1 aliphatic rings. The third-order valence-corrected chi connectivity index (χ3v) is 5.48. The highest BCUT2D eigenvalue weighted by Gasteiger charge is 2.26. The summed E-state index contributed by atoms with van der Waals surface area (Å²) in [4.78, 5) is 20.1. The number of guanidine groups is 1. The lowest BCUT2D eigenvalue weighted by Crippen LogP contribution is -2.48. The largest absolute Gasteiger partial charge is 0.372 e. The maximum absolute atomic E-state index is 12.7. The Kier molecular flexibility index (Phi) is 9.38. The maximum Gasteiger partial charge on any atom is 0.254 e. The number of thiophene rings is 1. The molecular formula is C21H29IN4O2S. The zero-order valence-electron chi connectivity index (χ0n) is 17.1. The van der Waals surface area contributed by atoms with E-state index in [2.05, 4.69) is 27.1 Å². The van der Waals surface area contributed by atoms with Gasteiger partial charge in [0, 0.05) is 37.1 Å². The number of morpholine rings is 1. The van der Waals surface area contributed by atoms with Gasteiger partial charge in [-0.15, -0.1) is 35.3 Å². The highest BCUT2D eigenvalue weighted by atomic mass is 127. The van der Waals surface area contributed by atoms with Crippen molar-refractivity contribution in [1.82, 2.24) is 15.5 Å². The Morgan fingerprint density at radius 2 is 1.79 bits per heavy atom. The first-order valence-electron chi connectivity index (χ1n) is 9.55. The number of benzene rings is 1. The molecule has 1 fully saturated rings. The van der Waals surface area contributed by atoms with Crippen molar-refractivity contribution in [2.45, 2.75) is 39.1 Å². The van der Waals surface area contributed by atoms with Crippen LogP contribution in [0.4, 0.5) is 0 Å². The normalized spacial score (nSPS) is 19.4. The van der Waals surface area contributed by atoms with Crippen LogP contribution in [0.15, 0.2) is 46.8 Å². The predicted octanol–water partition coefficient (Wildman–Crippen LogP) is 3.48. The van der Waals surface area contributed by atoms with Gasteiger partial charge in [0.25, 0.3) is 5.91 Å². The fourth-order valence-corrected chi connectivity index (χ4v) is 3.93. The van der Waals surface area contributed by atoms with Gasteiger partial charge in [-0.2, -0.15) is 0 Å². The summed E-state index contributed by atoms with van der Waals surface area (Å²) in [6.07, 6.45) is 0.147. The standard InChI is InChI=1S/C21H28N4O2S.HI/c1-15-13-25(14-16(2)27-15)20(26)18-8-6-17(7-9-18)11-23-21(22-3)24-12-19-5-4-10-28-19;/h4-10,15-16H,11-14H2,1-3H3,(H2,22,23,24);1H. The lowest BCUT2D eigenvalue weighted by molar-refractivity contribution is -0.0586. The monoisotopic (exact) mass is 528 g/mol. The van der Waals surface area contributed by atoms with Gasteiger partial charge in [-0.25, -0.2) is 0 Å². The number of rotatable bonds is 5. The van der Waals surface area contributed by atoms with Gasteiger partial charge in [0.1, 0.15) is 0 Å². The molecule has 6 nitrogen and oxygen atoms in total. The molecule has 1 aromatic heterocycles. The number of nitrogens with one attached hydrogen (secondary N) is 2. The first kappa shape index (κ1) is 23.6. The quantitative estimate of drug-likeness (QED) is 0.355. The van der Waals surface area contributed by atoms with Gasteiger partial charge in [0.2, 0.25) is 0 Å². The number of amides is 1. The zero-order chi connectivity index (χ0) is 19.9. The first-order valence-corrected chi connectivity index (χ1v) is 10.4. The number of carbonyl (C=O) groups excluding carboxylic acids is 1. The molecule has 2 unspecified atom stereocenters.